The van der Waals surface area contributed by atoms with Crippen molar-refractivity contribution in [1.82, 2.24) is 0 Å². The number of Topliss-reactive ketones (excluding diaryl/α,β-unsaturated/α-hetero) is 1. The van der Waals surface area contributed by atoms with E-state index in [2.05, 4.69) is 28.7 Å². The number of ketones is 1. The predicted octanol–water partition coefficient (Wildman–Crippen LogP) is 3.36. The quantitative estimate of drug-likeness (QED) is 0.475. The molecule has 0 fully saturated rings. The van der Waals surface area contributed by atoms with Gasteiger partial charge in [0.2, 0.25) is 0 Å². The molecule has 4 heteroatoms. The number of thioether (sulfide) groups is 1. The largest absolute Gasteiger partial charge is 0.298 e. The summed E-state index contributed by atoms with van der Waals surface area (Å²) >= 11 is 9.44. The van der Waals surface area contributed by atoms with E-state index in [4.69, 9.17) is 11.6 Å². The second kappa shape index (κ2) is 5.98. The van der Waals surface area contributed by atoms with Gasteiger partial charge in [0.1, 0.15) is 0 Å². The van der Waals surface area contributed by atoms with E-state index < -0.39 is 0 Å². The molecule has 0 saturated heterocycles. The van der Waals surface area contributed by atoms with Gasteiger partial charge in [-0.1, -0.05) is 12.1 Å². The Morgan fingerprint density at radius 1 is 1.57 bits per heavy atom. The number of benzene rings is 1. The molecular formula is C10H10ClIOS. The minimum absolute atomic E-state index is 0.0721. The van der Waals surface area contributed by atoms with Gasteiger partial charge in [-0.05, 0) is 40.5 Å². The fourth-order valence-electron chi connectivity index (χ4n) is 1.11. The van der Waals surface area contributed by atoms with Crippen LogP contribution in [-0.4, -0.2) is 17.9 Å². The lowest BCUT2D eigenvalue weighted by Gasteiger charge is -2.06. The average Bonchev–Trinajstić information content (AvgIpc) is 2.21. The van der Waals surface area contributed by atoms with Crippen LogP contribution in [0.1, 0.15) is 5.56 Å². The SMILES string of the molecule is CSc1cccc(CC(=O)CCl)c1I. The van der Waals surface area contributed by atoms with E-state index in [0.29, 0.717) is 6.42 Å². The first-order valence-electron chi connectivity index (χ1n) is 4.08. The number of carbonyl (C=O) groups is 1. The van der Waals surface area contributed by atoms with Crippen LogP contribution in [0.2, 0.25) is 0 Å². The molecule has 1 nitrogen and oxygen atoms in total. The zero-order valence-electron chi connectivity index (χ0n) is 7.72. The molecule has 0 atom stereocenters. The summed E-state index contributed by atoms with van der Waals surface area (Å²) < 4.78 is 1.16. The van der Waals surface area contributed by atoms with Crippen LogP contribution >= 0.6 is 46.0 Å². The van der Waals surface area contributed by atoms with Gasteiger partial charge >= 0.3 is 0 Å². The first-order chi connectivity index (χ1) is 6.69. The van der Waals surface area contributed by atoms with Crippen LogP contribution in [-0.2, 0) is 11.2 Å². The van der Waals surface area contributed by atoms with E-state index in [9.17, 15) is 4.79 Å². The Bertz CT molecular complexity index is 341. The van der Waals surface area contributed by atoms with Crippen molar-refractivity contribution >= 4 is 51.7 Å². The standard InChI is InChI=1S/C10H10ClIOS/c1-14-9-4-2-3-7(10(9)12)5-8(13)6-11/h2-4H,5-6H2,1H3. The molecule has 1 rings (SSSR count). The molecule has 14 heavy (non-hydrogen) atoms. The number of alkyl halides is 1. The Morgan fingerprint density at radius 3 is 2.86 bits per heavy atom. The molecule has 0 aliphatic heterocycles. The van der Waals surface area contributed by atoms with E-state index in [1.807, 2.05) is 18.4 Å². The Morgan fingerprint density at radius 2 is 2.29 bits per heavy atom. The zero-order chi connectivity index (χ0) is 10.6. The molecule has 0 aliphatic carbocycles. The maximum Gasteiger partial charge on any atom is 0.151 e. The summed E-state index contributed by atoms with van der Waals surface area (Å²) in [4.78, 5) is 12.4. The fourth-order valence-corrected chi connectivity index (χ4v) is 2.94. The maximum absolute atomic E-state index is 11.2. The lowest BCUT2D eigenvalue weighted by atomic mass is 10.1. The summed E-state index contributed by atoms with van der Waals surface area (Å²) in [7, 11) is 0. The van der Waals surface area contributed by atoms with Crippen molar-refractivity contribution < 1.29 is 4.79 Å². The number of hydrogen-bond acceptors (Lipinski definition) is 2. The van der Waals surface area contributed by atoms with E-state index in [0.717, 1.165) is 9.13 Å². The van der Waals surface area contributed by atoms with Crippen LogP contribution < -0.4 is 0 Å². The molecule has 0 bridgehead atoms. The monoisotopic (exact) mass is 340 g/mol. The summed E-state index contributed by atoms with van der Waals surface area (Å²) in [6.45, 7) is 0. The molecule has 0 amide bonds. The van der Waals surface area contributed by atoms with Crippen molar-refractivity contribution in [3.8, 4) is 0 Å². The van der Waals surface area contributed by atoms with Crippen molar-refractivity contribution in [1.29, 1.82) is 0 Å². The van der Waals surface area contributed by atoms with Crippen molar-refractivity contribution in [3.05, 3.63) is 27.3 Å². The highest BCUT2D eigenvalue weighted by Gasteiger charge is 2.08. The van der Waals surface area contributed by atoms with Crippen LogP contribution in [0.15, 0.2) is 23.1 Å². The van der Waals surface area contributed by atoms with Crippen molar-refractivity contribution in [2.75, 3.05) is 12.1 Å². The summed E-state index contributed by atoms with van der Waals surface area (Å²) in [5.41, 5.74) is 1.07. The average molecular weight is 341 g/mol. The second-order valence-electron chi connectivity index (χ2n) is 2.78. The molecule has 0 radical (unpaired) electrons. The normalized spacial score (nSPS) is 10.2. The molecule has 0 aliphatic rings. The highest BCUT2D eigenvalue weighted by atomic mass is 127. The third kappa shape index (κ3) is 3.14. The molecule has 1 aromatic carbocycles. The molecule has 0 aromatic heterocycles. The number of halogens is 2. The number of carbonyl (C=O) groups excluding carboxylic acids is 1. The topological polar surface area (TPSA) is 17.1 Å². The summed E-state index contributed by atoms with van der Waals surface area (Å²) in [5, 5.41) is 0. The Hall–Kier alpha value is 0.260. The van der Waals surface area contributed by atoms with Gasteiger partial charge in [0.15, 0.2) is 5.78 Å². The highest BCUT2D eigenvalue weighted by Crippen LogP contribution is 2.25. The highest BCUT2D eigenvalue weighted by molar-refractivity contribution is 14.1. The Labute approximate surface area is 107 Å². The van der Waals surface area contributed by atoms with Gasteiger partial charge in [-0.3, -0.25) is 4.79 Å². The summed E-state index contributed by atoms with van der Waals surface area (Å²) in [6.07, 6.45) is 2.47. The molecule has 0 heterocycles. The van der Waals surface area contributed by atoms with Crippen molar-refractivity contribution in [3.63, 3.8) is 0 Å². The van der Waals surface area contributed by atoms with Crippen LogP contribution in [0.5, 0.6) is 0 Å². The van der Waals surface area contributed by atoms with E-state index >= 15 is 0 Å². The molecular weight excluding hydrogens is 331 g/mol. The molecule has 0 saturated carbocycles. The van der Waals surface area contributed by atoms with Gasteiger partial charge < -0.3 is 0 Å². The number of rotatable bonds is 4. The fraction of sp³-hybridized carbons (Fsp3) is 0.300. The van der Waals surface area contributed by atoms with Gasteiger partial charge in [0, 0.05) is 14.9 Å². The minimum atomic E-state index is 0.0721. The van der Waals surface area contributed by atoms with Gasteiger partial charge in [0.25, 0.3) is 0 Å². The van der Waals surface area contributed by atoms with Crippen molar-refractivity contribution in [2.24, 2.45) is 0 Å². The first kappa shape index (κ1) is 12.3. The van der Waals surface area contributed by atoms with E-state index in [1.165, 1.54) is 4.90 Å². The van der Waals surface area contributed by atoms with Crippen LogP contribution in [0.3, 0.4) is 0 Å². The summed E-state index contributed by atoms with van der Waals surface area (Å²) in [5.74, 6) is 0.169. The van der Waals surface area contributed by atoms with Gasteiger partial charge in [-0.2, -0.15) is 0 Å². The second-order valence-corrected chi connectivity index (χ2v) is 4.98. The maximum atomic E-state index is 11.2. The van der Waals surface area contributed by atoms with Gasteiger partial charge in [0.05, 0.1) is 5.88 Å². The van der Waals surface area contributed by atoms with E-state index in [-0.39, 0.29) is 11.7 Å². The zero-order valence-corrected chi connectivity index (χ0v) is 11.4. The molecule has 0 N–H and O–H groups in total. The van der Waals surface area contributed by atoms with Crippen LogP contribution in [0.25, 0.3) is 0 Å². The molecule has 76 valence electrons. The summed E-state index contributed by atoms with van der Waals surface area (Å²) in [6, 6.07) is 6.01. The van der Waals surface area contributed by atoms with Crippen LogP contribution in [0, 0.1) is 3.57 Å². The van der Waals surface area contributed by atoms with Crippen LogP contribution in [0.4, 0.5) is 0 Å². The Kier molecular flexibility index (Phi) is 5.26. The lowest BCUT2D eigenvalue weighted by Crippen LogP contribution is -2.05. The predicted molar refractivity (Wildman–Crippen MR) is 70.4 cm³/mol. The Balaban J connectivity index is 2.92. The third-order valence-electron chi connectivity index (χ3n) is 1.80. The van der Waals surface area contributed by atoms with Gasteiger partial charge in [-0.15, -0.1) is 23.4 Å². The minimum Gasteiger partial charge on any atom is -0.298 e. The van der Waals surface area contributed by atoms with E-state index in [1.54, 1.807) is 11.8 Å². The molecule has 0 unspecified atom stereocenters. The first-order valence-corrected chi connectivity index (χ1v) is 6.92. The molecule has 1 aromatic rings. The lowest BCUT2D eigenvalue weighted by molar-refractivity contribution is -0.116. The third-order valence-corrected chi connectivity index (χ3v) is 4.52. The number of hydrogen-bond donors (Lipinski definition) is 0. The molecule has 0 spiro atoms. The van der Waals surface area contributed by atoms with Crippen molar-refractivity contribution in [2.45, 2.75) is 11.3 Å². The smallest absolute Gasteiger partial charge is 0.151 e. The van der Waals surface area contributed by atoms with Gasteiger partial charge in [-0.25, -0.2) is 0 Å².